The van der Waals surface area contributed by atoms with E-state index in [1.54, 1.807) is 12.1 Å². The SMILES string of the molecule is Cc1oc(-c2ccccc2)nc1COC(=O)c1ccc(I)cc1. The Kier molecular flexibility index (Phi) is 4.76. The maximum Gasteiger partial charge on any atom is 0.338 e. The zero-order chi connectivity index (χ0) is 16.2. The van der Waals surface area contributed by atoms with Crippen molar-refractivity contribution in [2.45, 2.75) is 13.5 Å². The number of hydrogen-bond donors (Lipinski definition) is 0. The van der Waals surface area contributed by atoms with E-state index in [-0.39, 0.29) is 12.6 Å². The molecule has 3 aromatic rings. The molecule has 4 nitrogen and oxygen atoms in total. The Bertz CT molecular complexity index is 810. The predicted octanol–water partition coefficient (Wildman–Crippen LogP) is 4.61. The molecule has 0 aliphatic heterocycles. The van der Waals surface area contributed by atoms with Gasteiger partial charge in [-0.15, -0.1) is 0 Å². The van der Waals surface area contributed by atoms with Crippen molar-refractivity contribution < 1.29 is 13.9 Å². The van der Waals surface area contributed by atoms with Crippen LogP contribution in [0.2, 0.25) is 0 Å². The minimum atomic E-state index is -0.370. The Hall–Kier alpha value is -2.15. The molecule has 2 aromatic carbocycles. The molecule has 0 unspecified atom stereocenters. The number of halogens is 1. The molecule has 0 radical (unpaired) electrons. The van der Waals surface area contributed by atoms with Crippen LogP contribution in [0, 0.1) is 10.5 Å². The van der Waals surface area contributed by atoms with Crippen LogP contribution in [0.25, 0.3) is 11.5 Å². The molecule has 0 fully saturated rings. The lowest BCUT2D eigenvalue weighted by Crippen LogP contribution is -2.06. The second-order valence-electron chi connectivity index (χ2n) is 4.97. The van der Waals surface area contributed by atoms with Crippen molar-refractivity contribution in [2.75, 3.05) is 0 Å². The molecule has 23 heavy (non-hydrogen) atoms. The van der Waals surface area contributed by atoms with Gasteiger partial charge in [0.05, 0.1) is 5.56 Å². The molecule has 0 atom stereocenters. The predicted molar refractivity (Wildman–Crippen MR) is 95.0 cm³/mol. The molecular weight excluding hydrogens is 405 g/mol. The standard InChI is InChI=1S/C18H14INO3/c1-12-16(20-17(23-12)13-5-3-2-4-6-13)11-22-18(21)14-7-9-15(19)10-8-14/h2-10H,11H2,1H3. The third-order valence-electron chi connectivity index (χ3n) is 3.33. The number of rotatable bonds is 4. The van der Waals surface area contributed by atoms with E-state index in [4.69, 9.17) is 9.15 Å². The van der Waals surface area contributed by atoms with Gasteiger partial charge in [-0.25, -0.2) is 9.78 Å². The van der Waals surface area contributed by atoms with Gasteiger partial charge in [-0.3, -0.25) is 0 Å². The summed E-state index contributed by atoms with van der Waals surface area (Å²) in [5.74, 6) is 0.813. The first-order chi connectivity index (χ1) is 11.1. The third-order valence-corrected chi connectivity index (χ3v) is 4.05. The Labute approximate surface area is 147 Å². The van der Waals surface area contributed by atoms with E-state index in [1.807, 2.05) is 49.4 Å². The normalized spacial score (nSPS) is 10.5. The summed E-state index contributed by atoms with van der Waals surface area (Å²) in [6.45, 7) is 1.90. The Balaban J connectivity index is 1.70. The van der Waals surface area contributed by atoms with E-state index in [0.717, 1.165) is 9.13 Å². The van der Waals surface area contributed by atoms with Crippen LogP contribution < -0.4 is 0 Å². The van der Waals surface area contributed by atoms with Gasteiger partial charge in [0.15, 0.2) is 0 Å². The number of nitrogens with zero attached hydrogens (tertiary/aromatic N) is 1. The highest BCUT2D eigenvalue weighted by Gasteiger charge is 2.14. The highest BCUT2D eigenvalue weighted by Crippen LogP contribution is 2.22. The summed E-state index contributed by atoms with van der Waals surface area (Å²) in [7, 11) is 0. The van der Waals surface area contributed by atoms with Gasteiger partial charge in [-0.05, 0) is 65.9 Å². The molecule has 0 saturated carbocycles. The number of carbonyl (C=O) groups is 1. The highest BCUT2D eigenvalue weighted by atomic mass is 127. The van der Waals surface area contributed by atoms with Crippen molar-refractivity contribution in [2.24, 2.45) is 0 Å². The van der Waals surface area contributed by atoms with Crippen LogP contribution in [0.5, 0.6) is 0 Å². The smallest absolute Gasteiger partial charge is 0.338 e. The molecule has 0 aliphatic carbocycles. The fraction of sp³-hybridized carbons (Fsp3) is 0.111. The summed E-state index contributed by atoms with van der Waals surface area (Å²) in [6.07, 6.45) is 0. The number of hydrogen-bond acceptors (Lipinski definition) is 4. The zero-order valence-electron chi connectivity index (χ0n) is 12.5. The first-order valence-corrected chi connectivity index (χ1v) is 8.16. The number of benzene rings is 2. The number of esters is 1. The molecule has 116 valence electrons. The first-order valence-electron chi connectivity index (χ1n) is 7.08. The Morgan fingerprint density at radius 2 is 1.83 bits per heavy atom. The molecule has 0 bridgehead atoms. The highest BCUT2D eigenvalue weighted by molar-refractivity contribution is 14.1. The summed E-state index contributed by atoms with van der Waals surface area (Å²) in [6, 6.07) is 16.8. The second-order valence-corrected chi connectivity index (χ2v) is 6.22. The van der Waals surface area contributed by atoms with Gasteiger partial charge >= 0.3 is 5.97 Å². The number of carbonyl (C=O) groups excluding carboxylic acids is 1. The van der Waals surface area contributed by atoms with Crippen LogP contribution in [0.1, 0.15) is 21.8 Å². The molecule has 1 heterocycles. The van der Waals surface area contributed by atoms with Gasteiger partial charge in [0.2, 0.25) is 5.89 Å². The Morgan fingerprint density at radius 3 is 2.52 bits per heavy atom. The van der Waals surface area contributed by atoms with Crippen LogP contribution >= 0.6 is 22.6 Å². The lowest BCUT2D eigenvalue weighted by molar-refractivity contribution is 0.0467. The maximum absolute atomic E-state index is 12.0. The lowest BCUT2D eigenvalue weighted by atomic mass is 10.2. The number of ether oxygens (including phenoxy) is 1. The molecule has 1 aromatic heterocycles. The molecule has 0 N–H and O–H groups in total. The molecule has 3 rings (SSSR count). The van der Waals surface area contributed by atoms with Crippen LogP contribution in [0.4, 0.5) is 0 Å². The van der Waals surface area contributed by atoms with Gasteiger partial charge in [0.1, 0.15) is 18.1 Å². The van der Waals surface area contributed by atoms with Crippen LogP contribution in [0.3, 0.4) is 0 Å². The topological polar surface area (TPSA) is 52.3 Å². The zero-order valence-corrected chi connectivity index (χ0v) is 14.6. The van der Waals surface area contributed by atoms with E-state index in [1.165, 1.54) is 0 Å². The summed E-state index contributed by atoms with van der Waals surface area (Å²) in [5.41, 5.74) is 2.04. The maximum atomic E-state index is 12.0. The molecular formula is C18H14INO3. The summed E-state index contributed by atoms with van der Waals surface area (Å²) in [5, 5.41) is 0. The third kappa shape index (κ3) is 3.79. The minimum Gasteiger partial charge on any atom is -0.455 e. The quantitative estimate of drug-likeness (QED) is 0.458. The molecule has 0 aliphatic rings. The molecule has 5 heteroatoms. The van der Waals surface area contributed by atoms with Gasteiger partial charge in [-0.2, -0.15) is 0 Å². The first kappa shape index (κ1) is 15.7. The summed E-state index contributed by atoms with van der Waals surface area (Å²) in [4.78, 5) is 16.4. The van der Waals surface area contributed by atoms with E-state index in [9.17, 15) is 4.79 Å². The summed E-state index contributed by atoms with van der Waals surface area (Å²) >= 11 is 2.19. The van der Waals surface area contributed by atoms with Gasteiger partial charge in [0, 0.05) is 9.13 Å². The Morgan fingerprint density at radius 1 is 1.13 bits per heavy atom. The fourth-order valence-electron chi connectivity index (χ4n) is 2.07. The van der Waals surface area contributed by atoms with Crippen molar-refractivity contribution in [1.29, 1.82) is 0 Å². The van der Waals surface area contributed by atoms with Crippen LogP contribution in [-0.2, 0) is 11.3 Å². The second kappa shape index (κ2) is 6.95. The number of aromatic nitrogens is 1. The minimum absolute atomic E-state index is 0.0903. The lowest BCUT2D eigenvalue weighted by Gasteiger charge is -2.03. The largest absolute Gasteiger partial charge is 0.455 e. The fourth-order valence-corrected chi connectivity index (χ4v) is 2.43. The molecule has 0 saturated heterocycles. The monoisotopic (exact) mass is 419 g/mol. The summed E-state index contributed by atoms with van der Waals surface area (Å²) < 4.78 is 12.0. The average Bonchev–Trinajstić information content (AvgIpc) is 2.95. The van der Waals surface area contributed by atoms with Crippen LogP contribution in [-0.4, -0.2) is 11.0 Å². The molecule has 0 spiro atoms. The van der Waals surface area contributed by atoms with Crippen LogP contribution in [0.15, 0.2) is 59.0 Å². The van der Waals surface area contributed by atoms with Crippen molar-refractivity contribution in [3.05, 3.63) is 75.2 Å². The van der Waals surface area contributed by atoms with E-state index < -0.39 is 0 Å². The number of aryl methyl sites for hydroxylation is 1. The average molecular weight is 419 g/mol. The van der Waals surface area contributed by atoms with E-state index in [2.05, 4.69) is 27.6 Å². The van der Waals surface area contributed by atoms with Crippen molar-refractivity contribution in [3.63, 3.8) is 0 Å². The molecule has 0 amide bonds. The van der Waals surface area contributed by atoms with E-state index in [0.29, 0.717) is 22.9 Å². The van der Waals surface area contributed by atoms with Gasteiger partial charge in [0.25, 0.3) is 0 Å². The van der Waals surface area contributed by atoms with Crippen molar-refractivity contribution >= 4 is 28.6 Å². The van der Waals surface area contributed by atoms with Gasteiger partial charge in [-0.1, -0.05) is 18.2 Å². The van der Waals surface area contributed by atoms with Crippen molar-refractivity contribution in [3.8, 4) is 11.5 Å². The number of oxazole rings is 1. The van der Waals surface area contributed by atoms with Crippen molar-refractivity contribution in [1.82, 2.24) is 4.98 Å². The van der Waals surface area contributed by atoms with E-state index >= 15 is 0 Å². The van der Waals surface area contributed by atoms with Gasteiger partial charge < -0.3 is 9.15 Å².